The molecule has 19 heavy (non-hydrogen) atoms. The molecule has 0 heterocycles. The van der Waals surface area contributed by atoms with Gasteiger partial charge in [0.1, 0.15) is 0 Å². The number of hydrogen-bond acceptors (Lipinski definition) is 3. The van der Waals surface area contributed by atoms with Gasteiger partial charge in [0.25, 0.3) is 0 Å². The minimum absolute atomic E-state index is 0.737. The summed E-state index contributed by atoms with van der Waals surface area (Å²) < 4.78 is 5.04. The second-order valence-electron chi connectivity index (χ2n) is 5.27. The molecule has 1 aliphatic carbocycles. The average molecular weight is 283 g/mol. The first kappa shape index (κ1) is 14.6. The first-order valence-corrected chi connectivity index (χ1v) is 7.27. The molecule has 1 aromatic carbocycles. The Morgan fingerprint density at radius 3 is 2.89 bits per heavy atom. The van der Waals surface area contributed by atoms with E-state index in [2.05, 4.69) is 29.4 Å². The SMILES string of the molecule is COCCNCc1ccc(Cl)cc1N(C)CC1CC1. The average Bonchev–Trinajstić information content (AvgIpc) is 3.20. The van der Waals surface area contributed by atoms with Crippen LogP contribution in [0.4, 0.5) is 5.69 Å². The predicted octanol–water partition coefficient (Wildman–Crippen LogP) is 2.92. The fourth-order valence-electron chi connectivity index (χ4n) is 2.23. The van der Waals surface area contributed by atoms with Crippen molar-refractivity contribution >= 4 is 17.3 Å². The number of benzene rings is 1. The fourth-order valence-corrected chi connectivity index (χ4v) is 2.39. The molecule has 1 aliphatic rings. The Morgan fingerprint density at radius 1 is 1.42 bits per heavy atom. The van der Waals surface area contributed by atoms with Gasteiger partial charge in [-0.15, -0.1) is 0 Å². The van der Waals surface area contributed by atoms with Crippen molar-refractivity contribution in [2.24, 2.45) is 5.92 Å². The van der Waals surface area contributed by atoms with Crippen LogP contribution in [0.1, 0.15) is 18.4 Å². The molecule has 0 aliphatic heterocycles. The lowest BCUT2D eigenvalue weighted by molar-refractivity contribution is 0.199. The molecule has 1 aromatic rings. The number of nitrogens with one attached hydrogen (secondary N) is 1. The molecular formula is C15H23ClN2O. The van der Waals surface area contributed by atoms with Gasteiger partial charge in [-0.05, 0) is 36.5 Å². The highest BCUT2D eigenvalue weighted by molar-refractivity contribution is 6.30. The lowest BCUT2D eigenvalue weighted by Gasteiger charge is -2.23. The molecular weight excluding hydrogens is 260 g/mol. The van der Waals surface area contributed by atoms with Gasteiger partial charge in [0.2, 0.25) is 0 Å². The predicted molar refractivity (Wildman–Crippen MR) is 81.0 cm³/mol. The number of methoxy groups -OCH3 is 1. The zero-order valence-electron chi connectivity index (χ0n) is 11.8. The summed E-state index contributed by atoms with van der Waals surface area (Å²) in [6.07, 6.45) is 2.73. The molecule has 106 valence electrons. The van der Waals surface area contributed by atoms with Crippen LogP contribution in [0.25, 0.3) is 0 Å². The normalized spacial score (nSPS) is 14.7. The number of rotatable bonds is 8. The Bertz CT molecular complexity index is 407. The van der Waals surface area contributed by atoms with E-state index < -0.39 is 0 Å². The molecule has 2 rings (SSSR count). The van der Waals surface area contributed by atoms with E-state index in [1.54, 1.807) is 7.11 Å². The second-order valence-corrected chi connectivity index (χ2v) is 5.70. The molecule has 0 atom stereocenters. The molecule has 0 bridgehead atoms. The van der Waals surface area contributed by atoms with Crippen molar-refractivity contribution in [3.63, 3.8) is 0 Å². The van der Waals surface area contributed by atoms with Crippen molar-refractivity contribution in [3.05, 3.63) is 28.8 Å². The third-order valence-electron chi connectivity index (χ3n) is 3.49. The Labute approximate surface area is 120 Å². The van der Waals surface area contributed by atoms with Crippen LogP contribution >= 0.6 is 11.6 Å². The summed E-state index contributed by atoms with van der Waals surface area (Å²) in [5, 5.41) is 4.20. The fraction of sp³-hybridized carbons (Fsp3) is 0.600. The van der Waals surface area contributed by atoms with Gasteiger partial charge in [-0.25, -0.2) is 0 Å². The van der Waals surface area contributed by atoms with Crippen LogP contribution < -0.4 is 10.2 Å². The number of nitrogens with zero attached hydrogens (tertiary/aromatic N) is 1. The number of halogens is 1. The molecule has 0 spiro atoms. The Morgan fingerprint density at radius 2 is 2.21 bits per heavy atom. The molecule has 0 amide bonds. The number of hydrogen-bond donors (Lipinski definition) is 1. The quantitative estimate of drug-likeness (QED) is 0.742. The van der Waals surface area contributed by atoms with Gasteiger partial charge in [0, 0.05) is 44.5 Å². The summed E-state index contributed by atoms with van der Waals surface area (Å²) >= 11 is 6.13. The molecule has 0 aromatic heterocycles. The van der Waals surface area contributed by atoms with Gasteiger partial charge < -0.3 is 15.0 Å². The van der Waals surface area contributed by atoms with Crippen molar-refractivity contribution in [1.29, 1.82) is 0 Å². The van der Waals surface area contributed by atoms with Crippen molar-refractivity contribution in [3.8, 4) is 0 Å². The van der Waals surface area contributed by atoms with Crippen LogP contribution in [0, 0.1) is 5.92 Å². The molecule has 0 unspecified atom stereocenters. The van der Waals surface area contributed by atoms with Gasteiger partial charge in [-0.2, -0.15) is 0 Å². The van der Waals surface area contributed by atoms with Crippen LogP contribution in [0.5, 0.6) is 0 Å². The minimum atomic E-state index is 0.737. The van der Waals surface area contributed by atoms with E-state index in [-0.39, 0.29) is 0 Å². The number of ether oxygens (including phenoxy) is 1. The van der Waals surface area contributed by atoms with Crippen molar-refractivity contribution in [2.45, 2.75) is 19.4 Å². The van der Waals surface area contributed by atoms with Crippen molar-refractivity contribution in [2.75, 3.05) is 38.8 Å². The second kappa shape index (κ2) is 7.13. The lowest BCUT2D eigenvalue weighted by Crippen LogP contribution is -2.24. The maximum atomic E-state index is 6.13. The molecule has 0 radical (unpaired) electrons. The third-order valence-corrected chi connectivity index (χ3v) is 3.72. The molecule has 1 saturated carbocycles. The van der Waals surface area contributed by atoms with E-state index in [1.165, 1.54) is 24.1 Å². The summed E-state index contributed by atoms with van der Waals surface area (Å²) in [7, 11) is 3.88. The largest absolute Gasteiger partial charge is 0.383 e. The third kappa shape index (κ3) is 4.68. The smallest absolute Gasteiger partial charge is 0.0587 e. The van der Waals surface area contributed by atoms with Gasteiger partial charge in [-0.3, -0.25) is 0 Å². The maximum Gasteiger partial charge on any atom is 0.0587 e. The van der Waals surface area contributed by atoms with Gasteiger partial charge in [0.15, 0.2) is 0 Å². The zero-order chi connectivity index (χ0) is 13.7. The van der Waals surface area contributed by atoms with Crippen LogP contribution in [0.2, 0.25) is 5.02 Å². The highest BCUT2D eigenvalue weighted by Crippen LogP contribution is 2.32. The Hall–Kier alpha value is -0.770. The van der Waals surface area contributed by atoms with E-state index in [0.29, 0.717) is 0 Å². The summed E-state index contributed by atoms with van der Waals surface area (Å²) in [6.45, 7) is 3.59. The number of anilines is 1. The van der Waals surface area contributed by atoms with E-state index in [9.17, 15) is 0 Å². The maximum absolute atomic E-state index is 6.13. The summed E-state index contributed by atoms with van der Waals surface area (Å²) in [5.41, 5.74) is 2.54. The molecule has 0 saturated heterocycles. The summed E-state index contributed by atoms with van der Waals surface area (Å²) in [6, 6.07) is 6.14. The minimum Gasteiger partial charge on any atom is -0.383 e. The van der Waals surface area contributed by atoms with E-state index in [4.69, 9.17) is 16.3 Å². The van der Waals surface area contributed by atoms with Crippen molar-refractivity contribution < 1.29 is 4.74 Å². The van der Waals surface area contributed by atoms with Crippen molar-refractivity contribution in [1.82, 2.24) is 5.32 Å². The highest BCUT2D eigenvalue weighted by atomic mass is 35.5. The van der Waals surface area contributed by atoms with Gasteiger partial charge in [0.05, 0.1) is 6.61 Å². The molecule has 1 N–H and O–H groups in total. The Balaban J connectivity index is 1.99. The first-order chi connectivity index (χ1) is 9.20. The van der Waals surface area contributed by atoms with Crippen LogP contribution in [0.3, 0.4) is 0 Å². The standard InChI is InChI=1S/C15H23ClN2O/c1-18(11-12-3-4-12)15-9-14(16)6-5-13(15)10-17-7-8-19-2/h5-6,9,12,17H,3-4,7-8,10-11H2,1-2H3. The van der Waals surface area contributed by atoms with Crippen LogP contribution in [0.15, 0.2) is 18.2 Å². The highest BCUT2D eigenvalue weighted by Gasteiger charge is 2.23. The van der Waals surface area contributed by atoms with E-state index in [1.807, 2.05) is 6.07 Å². The van der Waals surface area contributed by atoms with Crippen LogP contribution in [-0.2, 0) is 11.3 Å². The van der Waals surface area contributed by atoms with Gasteiger partial charge >= 0.3 is 0 Å². The van der Waals surface area contributed by atoms with Gasteiger partial charge in [-0.1, -0.05) is 17.7 Å². The van der Waals surface area contributed by atoms with Crippen LogP contribution in [-0.4, -0.2) is 33.9 Å². The lowest BCUT2D eigenvalue weighted by atomic mass is 10.1. The monoisotopic (exact) mass is 282 g/mol. The topological polar surface area (TPSA) is 24.5 Å². The molecule has 3 nitrogen and oxygen atoms in total. The van der Waals surface area contributed by atoms with E-state index >= 15 is 0 Å². The zero-order valence-corrected chi connectivity index (χ0v) is 12.5. The summed E-state index contributed by atoms with van der Waals surface area (Å²) in [4.78, 5) is 2.33. The molecule has 4 heteroatoms. The first-order valence-electron chi connectivity index (χ1n) is 6.90. The summed E-state index contributed by atoms with van der Waals surface area (Å²) in [5.74, 6) is 0.873. The van der Waals surface area contributed by atoms with E-state index in [0.717, 1.165) is 37.2 Å². The molecule has 1 fully saturated rings. The Kier molecular flexibility index (Phi) is 5.49.